The summed E-state index contributed by atoms with van der Waals surface area (Å²) in [4.78, 5) is 28.1. The van der Waals surface area contributed by atoms with Crippen LogP contribution in [0.4, 0.5) is 23.3 Å². The minimum absolute atomic E-state index is 0.114. The Morgan fingerprint density at radius 1 is 1.00 bits per heavy atom. The average molecular weight is 548 g/mol. The molecule has 10 heteroatoms. The Morgan fingerprint density at radius 2 is 1.74 bits per heavy atom. The summed E-state index contributed by atoms with van der Waals surface area (Å²) in [6, 6.07) is 17.4. The van der Waals surface area contributed by atoms with Gasteiger partial charge < -0.3 is 20.3 Å². The van der Waals surface area contributed by atoms with E-state index in [4.69, 9.17) is 4.74 Å². The zero-order valence-corrected chi connectivity index (χ0v) is 19.6. The van der Waals surface area contributed by atoms with E-state index in [1.165, 1.54) is 11.8 Å². The largest absolute Gasteiger partial charge is 0.378 e. The van der Waals surface area contributed by atoms with Crippen molar-refractivity contribution in [3.63, 3.8) is 0 Å². The standard InChI is InChI=1S/C21H21IN6O2S/c22-15-6-8-17(9-7-15)23-18(29)14-31-21-26-19(24-16-4-2-1-3-5-16)25-20(27-21)28-10-12-30-13-11-28/h1-9H,10-14H2,(H,23,29)(H,24,25,26,27). The molecule has 0 aliphatic carbocycles. The molecule has 1 aliphatic rings. The van der Waals surface area contributed by atoms with Gasteiger partial charge in [0.05, 0.1) is 19.0 Å². The lowest BCUT2D eigenvalue weighted by Gasteiger charge is -2.27. The zero-order chi connectivity index (χ0) is 21.5. The number of hydrogen-bond donors (Lipinski definition) is 2. The summed E-state index contributed by atoms with van der Waals surface area (Å²) in [5, 5.41) is 6.61. The highest BCUT2D eigenvalue weighted by Crippen LogP contribution is 2.22. The van der Waals surface area contributed by atoms with Gasteiger partial charge in [-0.15, -0.1) is 0 Å². The molecule has 1 saturated heterocycles. The first-order valence-corrected chi connectivity index (χ1v) is 11.8. The van der Waals surface area contributed by atoms with Crippen molar-refractivity contribution in [2.24, 2.45) is 0 Å². The van der Waals surface area contributed by atoms with Crippen molar-refractivity contribution in [3.05, 3.63) is 58.2 Å². The molecule has 2 heterocycles. The molecule has 1 aromatic heterocycles. The number of nitrogens with zero attached hydrogens (tertiary/aromatic N) is 4. The molecule has 3 aromatic rings. The number of aromatic nitrogens is 3. The quantitative estimate of drug-likeness (QED) is 0.341. The number of carbonyl (C=O) groups is 1. The molecular weight excluding hydrogens is 527 g/mol. The maximum absolute atomic E-state index is 12.4. The molecule has 0 saturated carbocycles. The summed E-state index contributed by atoms with van der Waals surface area (Å²) < 4.78 is 6.55. The van der Waals surface area contributed by atoms with Gasteiger partial charge in [-0.1, -0.05) is 30.0 Å². The SMILES string of the molecule is O=C(CSc1nc(Nc2ccccc2)nc(N2CCOCC2)n1)Nc1ccc(I)cc1. The number of hydrogen-bond acceptors (Lipinski definition) is 8. The lowest BCUT2D eigenvalue weighted by atomic mass is 10.3. The number of nitrogens with one attached hydrogen (secondary N) is 2. The van der Waals surface area contributed by atoms with Crippen LogP contribution in [0.2, 0.25) is 0 Å². The van der Waals surface area contributed by atoms with Gasteiger partial charge in [0, 0.05) is 28.0 Å². The number of anilines is 4. The first-order chi connectivity index (χ1) is 15.2. The van der Waals surface area contributed by atoms with Crippen molar-refractivity contribution in [2.75, 3.05) is 47.6 Å². The predicted molar refractivity (Wildman–Crippen MR) is 131 cm³/mol. The first-order valence-electron chi connectivity index (χ1n) is 9.75. The number of thioether (sulfide) groups is 1. The van der Waals surface area contributed by atoms with Crippen LogP contribution in [0.5, 0.6) is 0 Å². The van der Waals surface area contributed by atoms with Gasteiger partial charge >= 0.3 is 0 Å². The number of carbonyl (C=O) groups excluding carboxylic acids is 1. The van der Waals surface area contributed by atoms with E-state index in [1.807, 2.05) is 54.6 Å². The highest BCUT2D eigenvalue weighted by atomic mass is 127. The molecule has 4 rings (SSSR count). The minimum atomic E-state index is -0.114. The van der Waals surface area contributed by atoms with Crippen LogP contribution < -0.4 is 15.5 Å². The summed E-state index contributed by atoms with van der Waals surface area (Å²) >= 11 is 3.51. The number of amides is 1. The Kier molecular flexibility index (Phi) is 7.54. The van der Waals surface area contributed by atoms with Gasteiger partial charge in [-0.2, -0.15) is 15.0 Å². The molecule has 160 valence electrons. The molecule has 1 fully saturated rings. The molecule has 31 heavy (non-hydrogen) atoms. The Bertz CT molecular complexity index is 1020. The molecule has 1 aliphatic heterocycles. The van der Waals surface area contributed by atoms with Crippen LogP contribution in [0.15, 0.2) is 59.8 Å². The van der Waals surface area contributed by atoms with Crippen molar-refractivity contribution in [3.8, 4) is 0 Å². The normalized spacial score (nSPS) is 13.6. The van der Waals surface area contributed by atoms with Gasteiger partial charge in [-0.25, -0.2) is 0 Å². The topological polar surface area (TPSA) is 92.3 Å². The number of morpholine rings is 1. The lowest BCUT2D eigenvalue weighted by Crippen LogP contribution is -2.37. The van der Waals surface area contributed by atoms with Gasteiger partial charge in [-0.3, -0.25) is 4.79 Å². The Hall–Kier alpha value is -2.44. The average Bonchev–Trinajstić information content (AvgIpc) is 2.80. The summed E-state index contributed by atoms with van der Waals surface area (Å²) in [6.45, 7) is 2.69. The Balaban J connectivity index is 1.47. The van der Waals surface area contributed by atoms with E-state index in [-0.39, 0.29) is 11.7 Å². The van der Waals surface area contributed by atoms with E-state index < -0.39 is 0 Å². The third-order valence-corrected chi connectivity index (χ3v) is 5.95. The highest BCUT2D eigenvalue weighted by Gasteiger charge is 2.17. The molecular formula is C21H21IN6O2S. The van der Waals surface area contributed by atoms with E-state index in [0.29, 0.717) is 43.4 Å². The molecule has 0 unspecified atom stereocenters. The van der Waals surface area contributed by atoms with Crippen LogP contribution in [0.3, 0.4) is 0 Å². The van der Waals surface area contributed by atoms with Gasteiger partial charge in [-0.05, 0) is 59.0 Å². The van der Waals surface area contributed by atoms with Gasteiger partial charge in [0.25, 0.3) is 0 Å². The maximum atomic E-state index is 12.4. The van der Waals surface area contributed by atoms with Gasteiger partial charge in [0.2, 0.25) is 17.8 Å². The van der Waals surface area contributed by atoms with E-state index in [9.17, 15) is 4.79 Å². The zero-order valence-electron chi connectivity index (χ0n) is 16.6. The van der Waals surface area contributed by atoms with Gasteiger partial charge in [0.15, 0.2) is 5.16 Å². The van der Waals surface area contributed by atoms with Gasteiger partial charge in [0.1, 0.15) is 0 Å². The van der Waals surface area contributed by atoms with Crippen LogP contribution >= 0.6 is 34.4 Å². The van der Waals surface area contributed by atoms with Crippen molar-refractivity contribution in [1.29, 1.82) is 0 Å². The molecule has 0 atom stereocenters. The third kappa shape index (κ3) is 6.52. The second-order valence-corrected chi connectivity index (χ2v) is 8.86. The number of halogens is 1. The fourth-order valence-corrected chi connectivity index (χ4v) is 3.87. The van der Waals surface area contributed by atoms with E-state index in [0.717, 1.165) is 14.9 Å². The molecule has 8 nitrogen and oxygen atoms in total. The number of ether oxygens (including phenoxy) is 1. The summed E-state index contributed by atoms with van der Waals surface area (Å²) in [7, 11) is 0. The Labute approximate surface area is 198 Å². The molecule has 1 amide bonds. The second-order valence-electron chi connectivity index (χ2n) is 6.68. The predicted octanol–water partition coefficient (Wildman–Crippen LogP) is 3.79. The second kappa shape index (κ2) is 10.7. The summed E-state index contributed by atoms with van der Waals surface area (Å²) in [5.74, 6) is 1.11. The van der Waals surface area contributed by atoms with Crippen molar-refractivity contribution < 1.29 is 9.53 Å². The summed E-state index contributed by atoms with van der Waals surface area (Å²) in [6.07, 6.45) is 0. The van der Waals surface area contributed by atoms with Crippen molar-refractivity contribution >= 4 is 63.5 Å². The first kappa shape index (κ1) is 21.8. The van der Waals surface area contributed by atoms with E-state index in [1.54, 1.807) is 0 Å². The summed E-state index contributed by atoms with van der Waals surface area (Å²) in [5.41, 5.74) is 1.65. The molecule has 0 spiro atoms. The monoisotopic (exact) mass is 548 g/mol. The maximum Gasteiger partial charge on any atom is 0.234 e. The van der Waals surface area contributed by atoms with Crippen LogP contribution in [0.25, 0.3) is 0 Å². The molecule has 0 bridgehead atoms. The Morgan fingerprint density at radius 3 is 2.48 bits per heavy atom. The fraction of sp³-hybridized carbons (Fsp3) is 0.238. The third-order valence-electron chi connectivity index (χ3n) is 4.39. The van der Waals surface area contributed by atoms with E-state index in [2.05, 4.69) is 53.1 Å². The molecule has 0 radical (unpaired) electrons. The van der Waals surface area contributed by atoms with Crippen LogP contribution in [0, 0.1) is 3.57 Å². The smallest absolute Gasteiger partial charge is 0.234 e. The van der Waals surface area contributed by atoms with E-state index >= 15 is 0 Å². The number of benzene rings is 2. The molecule has 2 N–H and O–H groups in total. The van der Waals surface area contributed by atoms with Crippen LogP contribution in [0.1, 0.15) is 0 Å². The van der Waals surface area contributed by atoms with Crippen molar-refractivity contribution in [2.45, 2.75) is 5.16 Å². The minimum Gasteiger partial charge on any atom is -0.378 e. The molecule has 2 aromatic carbocycles. The highest BCUT2D eigenvalue weighted by molar-refractivity contribution is 14.1. The lowest BCUT2D eigenvalue weighted by molar-refractivity contribution is -0.113. The number of rotatable bonds is 7. The fourth-order valence-electron chi connectivity index (χ4n) is 2.88. The number of para-hydroxylation sites is 1. The van der Waals surface area contributed by atoms with Crippen LogP contribution in [-0.2, 0) is 9.53 Å². The van der Waals surface area contributed by atoms with Crippen LogP contribution in [-0.4, -0.2) is 52.9 Å². The van der Waals surface area contributed by atoms with Crippen molar-refractivity contribution in [1.82, 2.24) is 15.0 Å².